The number of benzene rings is 1. The molecule has 0 bridgehead atoms. The first kappa shape index (κ1) is 13.4. The number of anilines is 1. The Morgan fingerprint density at radius 1 is 1.40 bits per heavy atom. The molecule has 20 heavy (non-hydrogen) atoms. The SMILES string of the molecule is CC1CN(C(=O)c2ccoc2Br)c2ccccc2CN1. The zero-order valence-electron chi connectivity index (χ0n) is 11.1. The molecule has 0 fully saturated rings. The standard InChI is InChI=1S/C15H15BrN2O2/c1-10-9-18(15(19)12-6-7-20-14(12)16)13-5-3-2-4-11(13)8-17-10/h2-7,10,17H,8-9H2,1H3. The van der Waals surface area contributed by atoms with Crippen molar-refractivity contribution in [2.24, 2.45) is 0 Å². The molecule has 5 heteroatoms. The van der Waals surface area contributed by atoms with Gasteiger partial charge >= 0.3 is 0 Å². The third-order valence-corrected chi connectivity index (χ3v) is 4.09. The monoisotopic (exact) mass is 334 g/mol. The topological polar surface area (TPSA) is 45.5 Å². The van der Waals surface area contributed by atoms with Crippen molar-refractivity contribution in [3.8, 4) is 0 Å². The lowest BCUT2D eigenvalue weighted by Crippen LogP contribution is -2.39. The molecule has 1 amide bonds. The molecule has 1 unspecified atom stereocenters. The predicted molar refractivity (Wildman–Crippen MR) is 80.8 cm³/mol. The molecule has 1 N–H and O–H groups in total. The quantitative estimate of drug-likeness (QED) is 0.871. The Bertz CT molecular complexity index is 638. The van der Waals surface area contributed by atoms with Crippen LogP contribution < -0.4 is 10.2 Å². The maximum Gasteiger partial charge on any atom is 0.262 e. The number of carbonyl (C=O) groups excluding carboxylic acids is 1. The Morgan fingerprint density at radius 3 is 2.95 bits per heavy atom. The minimum Gasteiger partial charge on any atom is -0.457 e. The number of carbonyl (C=O) groups is 1. The van der Waals surface area contributed by atoms with Gasteiger partial charge in [-0.15, -0.1) is 0 Å². The van der Waals surface area contributed by atoms with E-state index in [1.165, 1.54) is 6.26 Å². The van der Waals surface area contributed by atoms with Crippen LogP contribution in [0.1, 0.15) is 22.8 Å². The lowest BCUT2D eigenvalue weighted by molar-refractivity contribution is 0.0983. The number of nitrogens with one attached hydrogen (secondary N) is 1. The summed E-state index contributed by atoms with van der Waals surface area (Å²) in [5, 5.41) is 3.42. The van der Waals surface area contributed by atoms with Gasteiger partial charge in [0.25, 0.3) is 5.91 Å². The van der Waals surface area contributed by atoms with Crippen LogP contribution in [-0.4, -0.2) is 18.5 Å². The van der Waals surface area contributed by atoms with Crippen LogP contribution in [0.4, 0.5) is 5.69 Å². The van der Waals surface area contributed by atoms with Crippen LogP contribution in [0.5, 0.6) is 0 Å². The molecule has 4 nitrogen and oxygen atoms in total. The normalized spacial score (nSPS) is 18.5. The largest absolute Gasteiger partial charge is 0.457 e. The van der Waals surface area contributed by atoms with Gasteiger partial charge in [0.15, 0.2) is 4.67 Å². The van der Waals surface area contributed by atoms with E-state index in [-0.39, 0.29) is 11.9 Å². The second kappa shape index (κ2) is 5.42. The van der Waals surface area contributed by atoms with Crippen molar-refractivity contribution in [1.82, 2.24) is 5.32 Å². The Balaban J connectivity index is 2.03. The molecule has 3 rings (SSSR count). The molecule has 2 heterocycles. The fourth-order valence-electron chi connectivity index (χ4n) is 2.43. The molecule has 0 aliphatic carbocycles. The first-order valence-corrected chi connectivity index (χ1v) is 7.32. The Kier molecular flexibility index (Phi) is 3.63. The van der Waals surface area contributed by atoms with Crippen molar-refractivity contribution in [1.29, 1.82) is 0 Å². The smallest absolute Gasteiger partial charge is 0.262 e. The van der Waals surface area contributed by atoms with E-state index in [0.29, 0.717) is 16.8 Å². The molecule has 1 aromatic heterocycles. The molecular formula is C15H15BrN2O2. The van der Waals surface area contributed by atoms with Gasteiger partial charge in [-0.2, -0.15) is 0 Å². The fourth-order valence-corrected chi connectivity index (χ4v) is 2.84. The number of hydrogen-bond donors (Lipinski definition) is 1. The lowest BCUT2D eigenvalue weighted by atomic mass is 10.1. The summed E-state index contributed by atoms with van der Waals surface area (Å²) in [6, 6.07) is 9.91. The van der Waals surface area contributed by atoms with E-state index in [4.69, 9.17) is 4.42 Å². The minimum atomic E-state index is -0.0476. The molecule has 0 saturated carbocycles. The summed E-state index contributed by atoms with van der Waals surface area (Å²) in [5.74, 6) is -0.0476. The van der Waals surface area contributed by atoms with Crippen LogP contribution >= 0.6 is 15.9 Å². The Morgan fingerprint density at radius 2 is 2.20 bits per heavy atom. The fraction of sp³-hybridized carbons (Fsp3) is 0.267. The zero-order chi connectivity index (χ0) is 14.1. The van der Waals surface area contributed by atoms with Gasteiger partial charge < -0.3 is 14.6 Å². The van der Waals surface area contributed by atoms with Gasteiger partial charge in [0.05, 0.1) is 11.8 Å². The van der Waals surface area contributed by atoms with Crippen molar-refractivity contribution < 1.29 is 9.21 Å². The summed E-state index contributed by atoms with van der Waals surface area (Å²) >= 11 is 3.28. The average molecular weight is 335 g/mol. The molecule has 0 radical (unpaired) electrons. The van der Waals surface area contributed by atoms with Gasteiger partial charge in [0, 0.05) is 24.8 Å². The highest BCUT2D eigenvalue weighted by molar-refractivity contribution is 9.10. The van der Waals surface area contributed by atoms with Crippen molar-refractivity contribution in [3.05, 3.63) is 52.4 Å². The Labute approximate surface area is 125 Å². The number of amides is 1. The summed E-state index contributed by atoms with van der Waals surface area (Å²) in [5.41, 5.74) is 2.64. The van der Waals surface area contributed by atoms with E-state index in [1.807, 2.05) is 29.2 Å². The molecular weight excluding hydrogens is 320 g/mol. The summed E-state index contributed by atoms with van der Waals surface area (Å²) in [6.07, 6.45) is 1.52. The maximum absolute atomic E-state index is 12.8. The zero-order valence-corrected chi connectivity index (χ0v) is 12.7. The van der Waals surface area contributed by atoms with Gasteiger partial charge in [0.2, 0.25) is 0 Å². The Hall–Kier alpha value is -1.59. The van der Waals surface area contributed by atoms with Crippen molar-refractivity contribution >= 4 is 27.5 Å². The van der Waals surface area contributed by atoms with Gasteiger partial charge in [-0.05, 0) is 40.5 Å². The van der Waals surface area contributed by atoms with Crippen molar-refractivity contribution in [3.63, 3.8) is 0 Å². The third-order valence-electron chi connectivity index (χ3n) is 3.47. The second-order valence-electron chi connectivity index (χ2n) is 4.93. The second-order valence-corrected chi connectivity index (χ2v) is 5.65. The predicted octanol–water partition coefficient (Wildman–Crippen LogP) is 3.18. The molecule has 0 saturated heterocycles. The number of halogens is 1. The first-order valence-electron chi connectivity index (χ1n) is 6.53. The molecule has 0 spiro atoms. The highest BCUT2D eigenvalue weighted by Crippen LogP contribution is 2.27. The molecule has 1 aliphatic rings. The summed E-state index contributed by atoms with van der Waals surface area (Å²) in [6.45, 7) is 3.48. The van der Waals surface area contributed by atoms with E-state index in [0.717, 1.165) is 17.8 Å². The summed E-state index contributed by atoms with van der Waals surface area (Å²) < 4.78 is 5.65. The number of para-hydroxylation sites is 1. The number of rotatable bonds is 1. The molecule has 2 aromatic rings. The summed E-state index contributed by atoms with van der Waals surface area (Å²) in [7, 11) is 0. The van der Waals surface area contributed by atoms with Crippen LogP contribution in [0, 0.1) is 0 Å². The van der Waals surface area contributed by atoms with Crippen molar-refractivity contribution in [2.75, 3.05) is 11.4 Å². The molecule has 1 atom stereocenters. The number of hydrogen-bond acceptors (Lipinski definition) is 3. The van der Waals surface area contributed by atoms with E-state index in [2.05, 4.69) is 28.2 Å². The molecule has 1 aromatic carbocycles. The van der Waals surface area contributed by atoms with Crippen LogP contribution in [0.25, 0.3) is 0 Å². The minimum absolute atomic E-state index is 0.0476. The van der Waals surface area contributed by atoms with Gasteiger partial charge in [-0.1, -0.05) is 18.2 Å². The van der Waals surface area contributed by atoms with Crippen molar-refractivity contribution in [2.45, 2.75) is 19.5 Å². The van der Waals surface area contributed by atoms with Gasteiger partial charge in [-0.25, -0.2) is 0 Å². The van der Waals surface area contributed by atoms with E-state index < -0.39 is 0 Å². The average Bonchev–Trinajstić information content (AvgIpc) is 2.80. The lowest BCUT2D eigenvalue weighted by Gasteiger charge is -2.24. The van der Waals surface area contributed by atoms with Crippen LogP contribution in [-0.2, 0) is 6.54 Å². The molecule has 104 valence electrons. The maximum atomic E-state index is 12.8. The molecule has 1 aliphatic heterocycles. The van der Waals surface area contributed by atoms with Crippen LogP contribution in [0.3, 0.4) is 0 Å². The first-order chi connectivity index (χ1) is 9.66. The number of furan rings is 1. The van der Waals surface area contributed by atoms with Gasteiger partial charge in [-0.3, -0.25) is 4.79 Å². The highest BCUT2D eigenvalue weighted by Gasteiger charge is 2.26. The van der Waals surface area contributed by atoms with Crippen LogP contribution in [0.2, 0.25) is 0 Å². The van der Waals surface area contributed by atoms with Gasteiger partial charge in [0.1, 0.15) is 0 Å². The number of nitrogens with zero attached hydrogens (tertiary/aromatic N) is 1. The van der Waals surface area contributed by atoms with E-state index in [9.17, 15) is 4.79 Å². The number of fused-ring (bicyclic) bond motifs is 1. The highest BCUT2D eigenvalue weighted by atomic mass is 79.9. The van der Waals surface area contributed by atoms with Crippen LogP contribution in [0.15, 0.2) is 45.7 Å². The third kappa shape index (κ3) is 2.39. The van der Waals surface area contributed by atoms with E-state index >= 15 is 0 Å². The summed E-state index contributed by atoms with van der Waals surface area (Å²) in [4.78, 5) is 14.6. The van der Waals surface area contributed by atoms with E-state index in [1.54, 1.807) is 6.07 Å².